The fourth-order valence-electron chi connectivity index (χ4n) is 0.979. The quantitative estimate of drug-likeness (QED) is 0.504. The van der Waals surface area contributed by atoms with Gasteiger partial charge in [0.15, 0.2) is 5.92 Å². The first-order valence-corrected chi connectivity index (χ1v) is 3.61. The van der Waals surface area contributed by atoms with Gasteiger partial charge in [0.25, 0.3) is 0 Å². The predicted molar refractivity (Wildman–Crippen MR) is 39.6 cm³/mol. The van der Waals surface area contributed by atoms with Gasteiger partial charge in [-0.05, 0) is 6.42 Å². The second-order valence-corrected chi connectivity index (χ2v) is 2.51. The Morgan fingerprint density at radius 1 is 1.25 bits per heavy atom. The number of rotatable bonds is 5. The molecule has 0 heterocycles. The molecule has 0 saturated carbocycles. The second-order valence-electron chi connectivity index (χ2n) is 2.51. The zero-order chi connectivity index (χ0) is 9.72. The molecule has 0 bridgehead atoms. The summed E-state index contributed by atoms with van der Waals surface area (Å²) in [6.45, 7) is 1.22. The van der Waals surface area contributed by atoms with E-state index in [0.29, 0.717) is 6.42 Å². The van der Waals surface area contributed by atoms with Crippen LogP contribution >= 0.6 is 0 Å². The number of aliphatic hydroxyl groups is 1. The van der Waals surface area contributed by atoms with Gasteiger partial charge in [-0.1, -0.05) is 6.92 Å². The van der Waals surface area contributed by atoms with E-state index in [1.807, 2.05) is 0 Å². The molecule has 5 nitrogen and oxygen atoms in total. The van der Waals surface area contributed by atoms with Crippen LogP contribution in [0.15, 0.2) is 0 Å². The van der Waals surface area contributed by atoms with E-state index in [-0.39, 0.29) is 0 Å². The van der Waals surface area contributed by atoms with Gasteiger partial charge in [-0.15, -0.1) is 0 Å². The van der Waals surface area contributed by atoms with E-state index in [1.54, 1.807) is 6.92 Å². The van der Waals surface area contributed by atoms with E-state index in [4.69, 9.17) is 15.3 Å². The molecule has 0 rings (SSSR count). The van der Waals surface area contributed by atoms with E-state index in [0.717, 1.165) is 0 Å². The summed E-state index contributed by atoms with van der Waals surface area (Å²) in [6, 6.07) is 0. The number of aliphatic hydroxyl groups excluding tert-OH is 1. The highest BCUT2D eigenvalue weighted by Gasteiger charge is 2.33. The average Bonchev–Trinajstić information content (AvgIpc) is 1.98. The van der Waals surface area contributed by atoms with Crippen molar-refractivity contribution >= 4 is 11.9 Å². The molecule has 0 spiro atoms. The Bertz CT molecular complexity index is 159. The van der Waals surface area contributed by atoms with E-state index in [2.05, 4.69) is 0 Å². The first-order valence-electron chi connectivity index (χ1n) is 3.61. The van der Waals surface area contributed by atoms with Crippen molar-refractivity contribution in [3.8, 4) is 0 Å². The summed E-state index contributed by atoms with van der Waals surface area (Å²) in [7, 11) is 0. The Morgan fingerprint density at radius 3 is 1.75 bits per heavy atom. The fourth-order valence-corrected chi connectivity index (χ4v) is 0.979. The molecular formula is C7H12O5. The van der Waals surface area contributed by atoms with Crippen molar-refractivity contribution < 1.29 is 24.9 Å². The molecule has 0 saturated heterocycles. The highest BCUT2D eigenvalue weighted by molar-refractivity contribution is 5.93. The maximum atomic E-state index is 10.4. The Morgan fingerprint density at radius 2 is 1.67 bits per heavy atom. The summed E-state index contributed by atoms with van der Waals surface area (Å²) in [6.07, 6.45) is 0.333. The van der Waals surface area contributed by atoms with Gasteiger partial charge in [-0.25, -0.2) is 0 Å². The number of hydrogen-bond acceptors (Lipinski definition) is 3. The van der Waals surface area contributed by atoms with Gasteiger partial charge >= 0.3 is 11.9 Å². The van der Waals surface area contributed by atoms with Crippen LogP contribution in [0.2, 0.25) is 0 Å². The topological polar surface area (TPSA) is 94.8 Å². The molecule has 0 fully saturated rings. The zero-order valence-electron chi connectivity index (χ0n) is 6.73. The third kappa shape index (κ3) is 2.50. The van der Waals surface area contributed by atoms with Crippen molar-refractivity contribution in [1.82, 2.24) is 0 Å². The highest BCUT2D eigenvalue weighted by Crippen LogP contribution is 2.15. The molecule has 5 heteroatoms. The Balaban J connectivity index is 4.47. The molecule has 0 aromatic heterocycles. The van der Waals surface area contributed by atoms with E-state index in [1.165, 1.54) is 0 Å². The van der Waals surface area contributed by atoms with Gasteiger partial charge in [0.05, 0.1) is 0 Å². The van der Waals surface area contributed by atoms with E-state index >= 15 is 0 Å². The SMILES string of the molecule is CCC(CO)C(C(=O)O)C(=O)O. The monoisotopic (exact) mass is 176 g/mol. The third-order valence-electron chi connectivity index (χ3n) is 1.76. The standard InChI is InChI=1S/C7H12O5/c1-2-4(3-8)5(6(9)10)7(11)12/h4-5,8H,2-3H2,1H3,(H,9,10)(H,11,12). The maximum Gasteiger partial charge on any atom is 0.318 e. The van der Waals surface area contributed by atoms with Crippen molar-refractivity contribution in [2.75, 3.05) is 6.61 Å². The lowest BCUT2D eigenvalue weighted by Crippen LogP contribution is -2.32. The molecule has 0 radical (unpaired) electrons. The first kappa shape index (κ1) is 10.9. The second kappa shape index (κ2) is 4.71. The molecule has 12 heavy (non-hydrogen) atoms. The molecule has 0 aliphatic rings. The molecule has 0 aliphatic heterocycles. The van der Waals surface area contributed by atoms with Crippen LogP contribution in [0.1, 0.15) is 13.3 Å². The molecule has 0 aromatic rings. The summed E-state index contributed by atoms with van der Waals surface area (Å²) in [5.74, 6) is -5.01. The summed E-state index contributed by atoms with van der Waals surface area (Å²) < 4.78 is 0. The Labute approximate surface area is 69.6 Å². The van der Waals surface area contributed by atoms with Crippen LogP contribution in [0.3, 0.4) is 0 Å². The van der Waals surface area contributed by atoms with Crippen LogP contribution < -0.4 is 0 Å². The lowest BCUT2D eigenvalue weighted by Gasteiger charge is -2.15. The van der Waals surface area contributed by atoms with Crippen molar-refractivity contribution in [3.63, 3.8) is 0 Å². The van der Waals surface area contributed by atoms with Crippen LogP contribution in [-0.2, 0) is 9.59 Å². The maximum absolute atomic E-state index is 10.4. The number of aliphatic carboxylic acids is 2. The normalized spacial score (nSPS) is 12.9. The highest BCUT2D eigenvalue weighted by atomic mass is 16.4. The summed E-state index contributed by atoms with van der Waals surface area (Å²) >= 11 is 0. The van der Waals surface area contributed by atoms with Crippen LogP contribution in [-0.4, -0.2) is 33.9 Å². The number of carboxylic acids is 2. The Kier molecular flexibility index (Phi) is 4.28. The van der Waals surface area contributed by atoms with Crippen molar-refractivity contribution in [2.45, 2.75) is 13.3 Å². The van der Waals surface area contributed by atoms with Crippen LogP contribution in [0.25, 0.3) is 0 Å². The number of carbonyl (C=O) groups is 2. The van der Waals surface area contributed by atoms with Crippen LogP contribution in [0, 0.1) is 11.8 Å². The lowest BCUT2D eigenvalue weighted by atomic mass is 9.91. The molecule has 1 unspecified atom stereocenters. The van der Waals surface area contributed by atoms with Crippen LogP contribution in [0.5, 0.6) is 0 Å². The average molecular weight is 176 g/mol. The third-order valence-corrected chi connectivity index (χ3v) is 1.76. The fraction of sp³-hybridized carbons (Fsp3) is 0.714. The van der Waals surface area contributed by atoms with Crippen molar-refractivity contribution in [3.05, 3.63) is 0 Å². The minimum atomic E-state index is -1.50. The molecule has 1 atom stereocenters. The molecule has 0 amide bonds. The molecular weight excluding hydrogens is 164 g/mol. The lowest BCUT2D eigenvalue weighted by molar-refractivity contribution is -0.158. The Hall–Kier alpha value is -1.10. The van der Waals surface area contributed by atoms with Crippen molar-refractivity contribution in [2.24, 2.45) is 11.8 Å². The molecule has 70 valence electrons. The largest absolute Gasteiger partial charge is 0.481 e. The van der Waals surface area contributed by atoms with Gasteiger partial charge in [0.1, 0.15) is 0 Å². The number of carboxylic acid groups (broad SMARTS) is 2. The van der Waals surface area contributed by atoms with Gasteiger partial charge in [0.2, 0.25) is 0 Å². The van der Waals surface area contributed by atoms with Gasteiger partial charge in [0, 0.05) is 12.5 Å². The van der Waals surface area contributed by atoms with Gasteiger partial charge in [-0.2, -0.15) is 0 Å². The molecule has 0 aromatic carbocycles. The summed E-state index contributed by atoms with van der Waals surface area (Å²) in [4.78, 5) is 20.8. The summed E-state index contributed by atoms with van der Waals surface area (Å²) in [5, 5.41) is 25.6. The van der Waals surface area contributed by atoms with Crippen LogP contribution in [0.4, 0.5) is 0 Å². The van der Waals surface area contributed by atoms with Crippen molar-refractivity contribution in [1.29, 1.82) is 0 Å². The predicted octanol–water partition coefficient (Wildman–Crippen LogP) is -0.210. The minimum Gasteiger partial charge on any atom is -0.481 e. The summed E-state index contributed by atoms with van der Waals surface area (Å²) in [5.41, 5.74) is 0. The van der Waals surface area contributed by atoms with Gasteiger partial charge < -0.3 is 15.3 Å². The van der Waals surface area contributed by atoms with E-state index in [9.17, 15) is 9.59 Å². The molecule has 3 N–H and O–H groups in total. The molecule has 0 aliphatic carbocycles. The smallest absolute Gasteiger partial charge is 0.318 e. The van der Waals surface area contributed by atoms with Gasteiger partial charge in [-0.3, -0.25) is 9.59 Å². The van der Waals surface area contributed by atoms with E-state index < -0.39 is 30.4 Å². The first-order chi connectivity index (χ1) is 5.54. The zero-order valence-corrected chi connectivity index (χ0v) is 6.73. The minimum absolute atomic E-state index is 0.333. The number of hydrogen-bond donors (Lipinski definition) is 3.